The predicted molar refractivity (Wildman–Crippen MR) is 48.8 cm³/mol. The number of methoxy groups -OCH3 is 1. The molecule has 1 aromatic rings. The highest BCUT2D eigenvalue weighted by atomic mass is 16.5. The Hall–Kier alpha value is -1.84. The molecule has 13 heavy (non-hydrogen) atoms. The number of amidine groups is 1. The van der Waals surface area contributed by atoms with Crippen LogP contribution < -0.4 is 5.73 Å². The summed E-state index contributed by atoms with van der Waals surface area (Å²) < 4.78 is 4.52. The molecule has 0 spiro atoms. The molecule has 4 nitrogen and oxygen atoms in total. The minimum atomic E-state index is -0.428. The second-order valence-corrected chi connectivity index (χ2v) is 2.49. The lowest BCUT2D eigenvalue weighted by atomic mass is 10.1. The van der Waals surface area contributed by atoms with Crippen molar-refractivity contribution in [2.75, 3.05) is 7.11 Å². The lowest BCUT2D eigenvalue weighted by Crippen LogP contribution is -2.12. The van der Waals surface area contributed by atoms with Crippen LogP contribution in [0.15, 0.2) is 24.3 Å². The summed E-state index contributed by atoms with van der Waals surface area (Å²) in [6.45, 7) is 0. The lowest BCUT2D eigenvalue weighted by Gasteiger charge is -2.01. The fourth-order valence-electron chi connectivity index (χ4n) is 0.932. The van der Waals surface area contributed by atoms with Crippen LogP contribution in [-0.4, -0.2) is 18.9 Å². The highest BCUT2D eigenvalue weighted by Crippen LogP contribution is 2.05. The van der Waals surface area contributed by atoms with Crippen molar-refractivity contribution in [3.05, 3.63) is 35.4 Å². The van der Waals surface area contributed by atoms with Crippen LogP contribution in [0.2, 0.25) is 0 Å². The summed E-state index contributed by atoms with van der Waals surface area (Å²) in [7, 11) is 1.31. The fourth-order valence-corrected chi connectivity index (χ4v) is 0.932. The number of carbonyl (C=O) groups is 1. The highest BCUT2D eigenvalue weighted by molar-refractivity contribution is 5.98. The summed E-state index contributed by atoms with van der Waals surface area (Å²) in [5.74, 6) is -0.492. The third-order valence-corrected chi connectivity index (χ3v) is 1.59. The van der Waals surface area contributed by atoms with E-state index in [1.807, 2.05) is 0 Å². The first kappa shape index (κ1) is 9.25. The van der Waals surface area contributed by atoms with E-state index in [9.17, 15) is 4.79 Å². The fraction of sp³-hybridized carbons (Fsp3) is 0.111. The summed E-state index contributed by atoms with van der Waals surface area (Å²) in [4.78, 5) is 11.1. The van der Waals surface area contributed by atoms with Crippen LogP contribution in [0, 0.1) is 5.41 Å². The first-order valence-corrected chi connectivity index (χ1v) is 3.68. The Labute approximate surface area is 75.8 Å². The number of ether oxygens (including phenoxy) is 1. The molecule has 0 fully saturated rings. The molecule has 0 aliphatic heterocycles. The van der Waals surface area contributed by atoms with Crippen LogP contribution in [0.5, 0.6) is 0 Å². The number of carbonyl (C=O) groups excluding carboxylic acids is 1. The molecule has 0 radical (unpaired) electrons. The zero-order chi connectivity index (χ0) is 9.84. The van der Waals surface area contributed by atoms with Gasteiger partial charge >= 0.3 is 5.97 Å². The van der Waals surface area contributed by atoms with Gasteiger partial charge in [0.15, 0.2) is 0 Å². The van der Waals surface area contributed by atoms with Gasteiger partial charge in [0.05, 0.1) is 12.7 Å². The maximum Gasteiger partial charge on any atom is 0.337 e. The normalized spacial score (nSPS) is 9.31. The average Bonchev–Trinajstić information content (AvgIpc) is 2.17. The molecular weight excluding hydrogens is 168 g/mol. The third kappa shape index (κ3) is 2.05. The number of nitrogens with one attached hydrogen (secondary N) is 1. The third-order valence-electron chi connectivity index (χ3n) is 1.59. The molecule has 0 bridgehead atoms. The van der Waals surface area contributed by atoms with Gasteiger partial charge in [-0.2, -0.15) is 0 Å². The van der Waals surface area contributed by atoms with Gasteiger partial charge in [0, 0.05) is 5.56 Å². The Bertz CT molecular complexity index is 347. The van der Waals surface area contributed by atoms with Crippen molar-refractivity contribution in [1.29, 1.82) is 5.41 Å². The number of rotatable bonds is 2. The van der Waals surface area contributed by atoms with Crippen molar-refractivity contribution in [2.24, 2.45) is 5.73 Å². The SMILES string of the molecule is COC(=O)c1cccc(C(=N)N)c1. The first-order chi connectivity index (χ1) is 6.15. The summed E-state index contributed by atoms with van der Waals surface area (Å²) in [5, 5.41) is 7.16. The molecule has 4 heteroatoms. The Balaban J connectivity index is 3.05. The van der Waals surface area contributed by atoms with E-state index in [2.05, 4.69) is 4.74 Å². The minimum absolute atomic E-state index is 0.0641. The monoisotopic (exact) mass is 178 g/mol. The summed E-state index contributed by atoms with van der Waals surface area (Å²) in [6.07, 6.45) is 0. The highest BCUT2D eigenvalue weighted by Gasteiger charge is 2.05. The van der Waals surface area contributed by atoms with Crippen molar-refractivity contribution in [3.8, 4) is 0 Å². The van der Waals surface area contributed by atoms with E-state index in [-0.39, 0.29) is 5.84 Å². The molecule has 0 unspecified atom stereocenters. The Kier molecular flexibility index (Phi) is 2.64. The van der Waals surface area contributed by atoms with Gasteiger partial charge in [-0.1, -0.05) is 12.1 Å². The molecule has 0 aliphatic rings. The van der Waals surface area contributed by atoms with Gasteiger partial charge in [-0.3, -0.25) is 5.41 Å². The summed E-state index contributed by atoms with van der Waals surface area (Å²) in [5.41, 5.74) is 6.17. The number of hydrogen-bond donors (Lipinski definition) is 2. The van der Waals surface area contributed by atoms with Gasteiger partial charge in [0.25, 0.3) is 0 Å². The molecule has 1 aromatic carbocycles. The van der Waals surface area contributed by atoms with E-state index in [0.717, 1.165) is 0 Å². The molecule has 0 saturated carbocycles. The van der Waals surface area contributed by atoms with Crippen molar-refractivity contribution in [1.82, 2.24) is 0 Å². The molecule has 0 atom stereocenters. The van der Waals surface area contributed by atoms with Gasteiger partial charge in [-0.05, 0) is 12.1 Å². The van der Waals surface area contributed by atoms with E-state index in [1.54, 1.807) is 18.2 Å². The smallest absolute Gasteiger partial charge is 0.337 e. The van der Waals surface area contributed by atoms with Gasteiger partial charge in [0.2, 0.25) is 0 Å². The van der Waals surface area contributed by atoms with E-state index < -0.39 is 5.97 Å². The Morgan fingerprint density at radius 3 is 2.62 bits per heavy atom. The Morgan fingerprint density at radius 1 is 1.46 bits per heavy atom. The van der Waals surface area contributed by atoms with Crippen molar-refractivity contribution >= 4 is 11.8 Å². The molecular formula is C9H10N2O2. The molecule has 1 rings (SSSR count). The van der Waals surface area contributed by atoms with E-state index in [4.69, 9.17) is 11.1 Å². The maximum absolute atomic E-state index is 11.1. The van der Waals surface area contributed by atoms with Crippen LogP contribution in [0.4, 0.5) is 0 Å². The van der Waals surface area contributed by atoms with Crippen LogP contribution >= 0.6 is 0 Å². The number of nitrogens with two attached hydrogens (primary N) is 1. The number of nitrogen functional groups attached to an aromatic ring is 1. The number of esters is 1. The first-order valence-electron chi connectivity index (χ1n) is 3.68. The van der Waals surface area contributed by atoms with Gasteiger partial charge in [0.1, 0.15) is 5.84 Å². The maximum atomic E-state index is 11.1. The molecule has 0 heterocycles. The number of hydrogen-bond acceptors (Lipinski definition) is 3. The standard InChI is InChI=1S/C9H10N2O2/c1-13-9(12)7-4-2-3-6(5-7)8(10)11/h2-5H,1H3,(H3,10,11). The lowest BCUT2D eigenvalue weighted by molar-refractivity contribution is 0.0600. The van der Waals surface area contributed by atoms with Crippen LogP contribution in [0.3, 0.4) is 0 Å². The zero-order valence-corrected chi connectivity index (χ0v) is 7.20. The van der Waals surface area contributed by atoms with Crippen molar-refractivity contribution < 1.29 is 9.53 Å². The second kappa shape index (κ2) is 3.71. The van der Waals surface area contributed by atoms with Crippen LogP contribution in [-0.2, 0) is 4.74 Å². The van der Waals surface area contributed by atoms with Crippen molar-refractivity contribution in [2.45, 2.75) is 0 Å². The molecule has 0 aliphatic carbocycles. The van der Waals surface area contributed by atoms with Gasteiger partial charge in [-0.25, -0.2) is 4.79 Å². The van der Waals surface area contributed by atoms with Gasteiger partial charge < -0.3 is 10.5 Å². The van der Waals surface area contributed by atoms with E-state index >= 15 is 0 Å². The second-order valence-electron chi connectivity index (χ2n) is 2.49. The topological polar surface area (TPSA) is 76.2 Å². The summed E-state index contributed by atoms with van der Waals surface area (Å²) in [6, 6.07) is 6.45. The summed E-state index contributed by atoms with van der Waals surface area (Å²) >= 11 is 0. The number of benzene rings is 1. The quantitative estimate of drug-likeness (QED) is 0.398. The molecule has 0 saturated heterocycles. The molecule has 3 N–H and O–H groups in total. The van der Waals surface area contributed by atoms with E-state index in [0.29, 0.717) is 11.1 Å². The van der Waals surface area contributed by atoms with Crippen molar-refractivity contribution in [3.63, 3.8) is 0 Å². The molecule has 0 aromatic heterocycles. The van der Waals surface area contributed by atoms with Crippen LogP contribution in [0.25, 0.3) is 0 Å². The van der Waals surface area contributed by atoms with Gasteiger partial charge in [-0.15, -0.1) is 0 Å². The molecule has 0 amide bonds. The predicted octanol–water partition coefficient (Wildman–Crippen LogP) is 0.757. The largest absolute Gasteiger partial charge is 0.465 e. The van der Waals surface area contributed by atoms with E-state index in [1.165, 1.54) is 13.2 Å². The zero-order valence-electron chi connectivity index (χ0n) is 7.20. The average molecular weight is 178 g/mol. The minimum Gasteiger partial charge on any atom is -0.465 e. The Morgan fingerprint density at radius 2 is 2.08 bits per heavy atom. The van der Waals surface area contributed by atoms with Crippen LogP contribution in [0.1, 0.15) is 15.9 Å². The molecule has 68 valence electrons.